The number of aliphatic hydroxyl groups is 2. The summed E-state index contributed by atoms with van der Waals surface area (Å²) in [6, 6.07) is 20.6. The number of carbonyl (C=O) groups is 2. The van der Waals surface area contributed by atoms with Gasteiger partial charge in [0.1, 0.15) is 22.5 Å². The first kappa shape index (κ1) is 31.6. The third-order valence-corrected chi connectivity index (χ3v) is 13.9. The molecule has 0 saturated heterocycles. The second kappa shape index (κ2) is 11.7. The maximum absolute atomic E-state index is 14.3. The highest BCUT2D eigenvalue weighted by Crippen LogP contribution is 2.67. The number of fused-ring (bicyclic) bond motifs is 6. The predicted octanol–water partition coefficient (Wildman–Crippen LogP) is 6.51. The van der Waals surface area contributed by atoms with E-state index in [1.807, 2.05) is 49.4 Å². The average molecular weight is 663 g/mol. The second-order valence-corrected chi connectivity index (χ2v) is 16.0. The molecule has 0 aliphatic heterocycles. The minimum atomic E-state index is -1.57. The highest BCUT2D eigenvalue weighted by molar-refractivity contribution is 7.99. The maximum atomic E-state index is 14.3. The Morgan fingerprint density at radius 2 is 1.69 bits per heavy atom. The number of aromatic nitrogens is 4. The molecular weight excluding hydrogens is 621 g/mol. The van der Waals surface area contributed by atoms with E-state index < -0.39 is 17.1 Å². The lowest BCUT2D eigenvalue weighted by atomic mass is 9.45. The number of ketones is 2. The van der Waals surface area contributed by atoms with Crippen LogP contribution >= 0.6 is 11.8 Å². The standard InChI is InChI=1S/C39H42N4O4S/c1-37-17-15-27(44)19-26(37)13-14-28-29-16-18-39(47,38(29,2)20-30(45)32(28)37)31(46)21-43-23-42-33-35(43)40-22-41-36(33)48-34(24-9-5-3-6-10-24)25-11-7-4-8-12-25/h3-12,19,22-23,28-30,32,34,45,47H,13-18,20-21H2,1-2H3/t28-,29-,30-,32+,37-,38-,39-/m0/s1. The highest BCUT2D eigenvalue weighted by atomic mass is 32.2. The van der Waals surface area contributed by atoms with Gasteiger partial charge in [-0.2, -0.15) is 0 Å². The van der Waals surface area contributed by atoms with Crippen molar-refractivity contribution in [1.82, 2.24) is 19.5 Å². The summed E-state index contributed by atoms with van der Waals surface area (Å²) < 4.78 is 1.73. The SMILES string of the molecule is C[C@]12CCC(=O)C=C1CC[C@@H]1[C@@H]2[C@@H](O)C[C@@]2(C)[C@H]1CC[C@]2(O)C(=O)Cn1cnc2c(SC(c3ccccc3)c3ccccc3)ncnc21. The Kier molecular flexibility index (Phi) is 7.73. The number of aliphatic hydroxyl groups excluding tert-OH is 1. The number of hydrogen-bond donors (Lipinski definition) is 2. The number of carbonyl (C=O) groups excluding carboxylic acids is 2. The summed E-state index contributed by atoms with van der Waals surface area (Å²) in [7, 11) is 0. The molecule has 4 aliphatic rings. The zero-order valence-electron chi connectivity index (χ0n) is 27.5. The second-order valence-electron chi connectivity index (χ2n) is 14.9. The van der Waals surface area contributed by atoms with Crippen LogP contribution in [-0.2, 0) is 16.1 Å². The van der Waals surface area contributed by atoms with E-state index in [0.29, 0.717) is 30.4 Å². The Bertz CT molecular complexity index is 1870. The molecule has 0 amide bonds. The molecule has 0 spiro atoms. The molecule has 9 heteroatoms. The third-order valence-electron chi connectivity index (χ3n) is 12.6. The van der Waals surface area contributed by atoms with Gasteiger partial charge in [-0.15, -0.1) is 0 Å². The normalized spacial score (nSPS) is 32.9. The summed E-state index contributed by atoms with van der Waals surface area (Å²) >= 11 is 1.60. The van der Waals surface area contributed by atoms with E-state index in [-0.39, 0.29) is 46.5 Å². The van der Waals surface area contributed by atoms with Crippen LogP contribution in [0, 0.1) is 28.6 Å². The van der Waals surface area contributed by atoms with Crippen LogP contribution in [0.15, 0.2) is 90.0 Å². The monoisotopic (exact) mass is 662 g/mol. The number of Topliss-reactive ketones (excluding diaryl/α,β-unsaturated/α-hetero) is 1. The Balaban J connectivity index is 1.06. The molecule has 2 N–H and O–H groups in total. The largest absolute Gasteiger partial charge is 0.393 e. The van der Waals surface area contributed by atoms with Crippen molar-refractivity contribution in [2.45, 2.75) is 87.3 Å². The van der Waals surface area contributed by atoms with Gasteiger partial charge < -0.3 is 14.8 Å². The summed E-state index contributed by atoms with van der Waals surface area (Å²) in [4.78, 5) is 40.4. The lowest BCUT2D eigenvalue weighted by Crippen LogP contribution is -2.62. The average Bonchev–Trinajstić information content (AvgIpc) is 3.62. The summed E-state index contributed by atoms with van der Waals surface area (Å²) in [6.07, 6.45) is 8.80. The Morgan fingerprint density at radius 1 is 0.979 bits per heavy atom. The Hall–Kier alpha value is -3.66. The van der Waals surface area contributed by atoms with E-state index in [1.165, 1.54) is 11.9 Å². The summed E-state index contributed by atoms with van der Waals surface area (Å²) in [5.74, 6) is 0.268. The number of imidazole rings is 1. The van der Waals surface area contributed by atoms with Gasteiger partial charge in [0.05, 0.1) is 24.2 Å². The zero-order valence-corrected chi connectivity index (χ0v) is 28.3. The van der Waals surface area contributed by atoms with Crippen LogP contribution in [0.25, 0.3) is 11.2 Å². The smallest absolute Gasteiger partial charge is 0.184 e. The van der Waals surface area contributed by atoms with Crippen LogP contribution < -0.4 is 0 Å². The van der Waals surface area contributed by atoms with E-state index in [2.05, 4.69) is 41.2 Å². The number of allylic oxidation sites excluding steroid dienone is 1. The maximum Gasteiger partial charge on any atom is 0.184 e. The molecule has 248 valence electrons. The van der Waals surface area contributed by atoms with Crippen molar-refractivity contribution in [1.29, 1.82) is 0 Å². The van der Waals surface area contributed by atoms with Crippen LogP contribution in [0.5, 0.6) is 0 Å². The van der Waals surface area contributed by atoms with Gasteiger partial charge in [-0.1, -0.05) is 91.8 Å². The number of thioether (sulfide) groups is 1. The molecule has 8 rings (SSSR count). The molecule has 48 heavy (non-hydrogen) atoms. The Labute approximate surface area is 285 Å². The van der Waals surface area contributed by atoms with Crippen molar-refractivity contribution < 1.29 is 19.8 Å². The molecule has 2 aromatic carbocycles. The van der Waals surface area contributed by atoms with Crippen molar-refractivity contribution in [2.24, 2.45) is 28.6 Å². The van der Waals surface area contributed by atoms with E-state index >= 15 is 0 Å². The fraction of sp³-hybridized carbons (Fsp3) is 0.462. The van der Waals surface area contributed by atoms with Crippen molar-refractivity contribution in [3.63, 3.8) is 0 Å². The molecule has 4 aliphatic carbocycles. The van der Waals surface area contributed by atoms with Gasteiger partial charge in [-0.25, -0.2) is 15.0 Å². The van der Waals surface area contributed by atoms with Crippen LogP contribution in [0.3, 0.4) is 0 Å². The highest BCUT2D eigenvalue weighted by Gasteiger charge is 2.68. The molecular formula is C39H42N4O4S. The lowest BCUT2D eigenvalue weighted by Gasteiger charge is -2.60. The molecule has 3 fully saturated rings. The molecule has 0 radical (unpaired) electrons. The fourth-order valence-corrected chi connectivity index (χ4v) is 11.4. The quantitative estimate of drug-likeness (QED) is 0.170. The van der Waals surface area contributed by atoms with Crippen molar-refractivity contribution in [2.75, 3.05) is 0 Å². The van der Waals surface area contributed by atoms with Crippen LogP contribution in [0.1, 0.15) is 75.2 Å². The summed E-state index contributed by atoms with van der Waals surface area (Å²) in [5, 5.41) is 24.9. The van der Waals surface area contributed by atoms with E-state index in [9.17, 15) is 19.8 Å². The molecule has 0 bridgehead atoms. The number of nitrogens with zero attached hydrogens (tertiary/aromatic N) is 4. The van der Waals surface area contributed by atoms with Crippen LogP contribution in [-0.4, -0.2) is 53.0 Å². The summed E-state index contributed by atoms with van der Waals surface area (Å²) in [6.45, 7) is 4.19. The first-order valence-electron chi connectivity index (χ1n) is 17.2. The molecule has 4 aromatic rings. The van der Waals surface area contributed by atoms with Crippen molar-refractivity contribution >= 4 is 34.5 Å². The molecule has 7 atom stereocenters. The first-order valence-corrected chi connectivity index (χ1v) is 18.1. The minimum absolute atomic E-state index is 0.0161. The number of rotatable bonds is 7. The van der Waals surface area contributed by atoms with Gasteiger partial charge in [-0.3, -0.25) is 9.59 Å². The molecule has 3 saturated carbocycles. The van der Waals surface area contributed by atoms with E-state index in [4.69, 9.17) is 4.98 Å². The van der Waals surface area contributed by atoms with Gasteiger partial charge in [0.2, 0.25) is 0 Å². The van der Waals surface area contributed by atoms with Gasteiger partial charge in [-0.05, 0) is 78.9 Å². The predicted molar refractivity (Wildman–Crippen MR) is 184 cm³/mol. The van der Waals surface area contributed by atoms with Gasteiger partial charge in [0.15, 0.2) is 17.2 Å². The number of benzene rings is 2. The van der Waals surface area contributed by atoms with Gasteiger partial charge >= 0.3 is 0 Å². The van der Waals surface area contributed by atoms with Crippen molar-refractivity contribution in [3.05, 3.63) is 96.1 Å². The fourth-order valence-electron chi connectivity index (χ4n) is 10.2. The topological polar surface area (TPSA) is 118 Å². The molecule has 8 nitrogen and oxygen atoms in total. The van der Waals surface area contributed by atoms with Gasteiger partial charge in [0.25, 0.3) is 0 Å². The van der Waals surface area contributed by atoms with E-state index in [1.54, 1.807) is 22.7 Å². The third kappa shape index (κ3) is 4.83. The van der Waals surface area contributed by atoms with Crippen molar-refractivity contribution in [3.8, 4) is 0 Å². The summed E-state index contributed by atoms with van der Waals surface area (Å²) in [5.41, 5.74) is 2.11. The molecule has 2 aromatic heterocycles. The van der Waals surface area contributed by atoms with Crippen LogP contribution in [0.2, 0.25) is 0 Å². The lowest BCUT2D eigenvalue weighted by molar-refractivity contribution is -0.181. The van der Waals surface area contributed by atoms with Crippen LogP contribution in [0.4, 0.5) is 0 Å². The molecule has 0 unspecified atom stereocenters. The zero-order chi connectivity index (χ0) is 33.3. The minimum Gasteiger partial charge on any atom is -0.393 e. The van der Waals surface area contributed by atoms with E-state index in [0.717, 1.165) is 41.8 Å². The number of hydrogen-bond acceptors (Lipinski definition) is 8. The van der Waals surface area contributed by atoms with Gasteiger partial charge in [0, 0.05) is 11.8 Å². The first-order chi connectivity index (χ1) is 23.1. The Morgan fingerprint density at radius 3 is 2.40 bits per heavy atom. The molecule has 2 heterocycles.